The molecule has 1 N–H and O–H groups in total. The first-order valence-electron chi connectivity index (χ1n) is 7.18. The highest BCUT2D eigenvalue weighted by molar-refractivity contribution is 5.08. The van der Waals surface area contributed by atoms with Crippen LogP contribution in [0.25, 0.3) is 0 Å². The summed E-state index contributed by atoms with van der Waals surface area (Å²) in [7, 11) is 0. The van der Waals surface area contributed by atoms with Crippen LogP contribution in [0, 0.1) is 11.3 Å². The van der Waals surface area contributed by atoms with Gasteiger partial charge in [0.15, 0.2) is 0 Å². The molecule has 18 heavy (non-hydrogen) atoms. The maximum atomic E-state index is 4.15. The minimum absolute atomic E-state index is 0.480. The summed E-state index contributed by atoms with van der Waals surface area (Å²) in [6.45, 7) is 8.09. The lowest BCUT2D eigenvalue weighted by molar-refractivity contribution is 0.160. The van der Waals surface area contributed by atoms with Gasteiger partial charge >= 0.3 is 0 Å². The second-order valence-electron chi connectivity index (χ2n) is 6.66. The highest BCUT2D eigenvalue weighted by Gasteiger charge is 2.29. The Bertz CT molecular complexity index is 345. The maximum absolute atomic E-state index is 4.15. The Balaban J connectivity index is 1.74. The van der Waals surface area contributed by atoms with Crippen molar-refractivity contribution >= 4 is 0 Å². The van der Waals surface area contributed by atoms with E-state index in [0.29, 0.717) is 11.5 Å². The quantitative estimate of drug-likeness (QED) is 0.878. The fraction of sp³-hybridized carbons (Fsp3) is 0.688. The van der Waals surface area contributed by atoms with Gasteiger partial charge in [0.25, 0.3) is 0 Å². The lowest BCUT2D eigenvalue weighted by Gasteiger charge is -2.37. The lowest BCUT2D eigenvalue weighted by Crippen LogP contribution is -2.35. The summed E-state index contributed by atoms with van der Waals surface area (Å²) in [6.07, 6.45) is 9.17. The molecule has 0 bridgehead atoms. The molecule has 0 atom stereocenters. The molecule has 1 heterocycles. The van der Waals surface area contributed by atoms with E-state index < -0.39 is 0 Å². The number of hydrogen-bond acceptors (Lipinski definition) is 2. The summed E-state index contributed by atoms with van der Waals surface area (Å²) >= 11 is 0. The number of hydrogen-bond donors (Lipinski definition) is 1. The normalized spacial score (nSPS) is 25.1. The van der Waals surface area contributed by atoms with Gasteiger partial charge in [-0.1, -0.05) is 26.8 Å². The summed E-state index contributed by atoms with van der Waals surface area (Å²) in [4.78, 5) is 4.15. The molecule has 1 aromatic heterocycles. The molecule has 0 radical (unpaired) electrons. The van der Waals surface area contributed by atoms with Gasteiger partial charge in [-0.25, -0.2) is 0 Å². The molecule has 100 valence electrons. The first kappa shape index (κ1) is 13.5. The van der Waals surface area contributed by atoms with E-state index in [-0.39, 0.29) is 0 Å². The van der Waals surface area contributed by atoms with Gasteiger partial charge in [0.05, 0.1) is 0 Å². The number of aromatic nitrogens is 1. The first-order valence-corrected chi connectivity index (χ1v) is 7.18. The standard InChI is InChI=1S/C16H26N2/c1-16(2,3)14-6-8-15(9-7-14)18-12-13-5-4-10-17-11-13/h4-5,10-11,14-15,18H,6-9,12H2,1-3H3. The number of nitrogens with zero attached hydrogens (tertiary/aromatic N) is 1. The van der Waals surface area contributed by atoms with Crippen LogP contribution in [0.3, 0.4) is 0 Å². The second kappa shape index (κ2) is 5.83. The van der Waals surface area contributed by atoms with E-state index in [1.54, 1.807) is 0 Å². The third-order valence-electron chi connectivity index (χ3n) is 4.27. The van der Waals surface area contributed by atoms with Gasteiger partial charge in [-0.3, -0.25) is 4.98 Å². The SMILES string of the molecule is CC(C)(C)C1CCC(NCc2cccnc2)CC1. The largest absolute Gasteiger partial charge is 0.310 e. The van der Waals surface area contributed by atoms with E-state index >= 15 is 0 Å². The molecule has 0 amide bonds. The molecule has 0 aromatic carbocycles. The molecule has 2 rings (SSSR count). The molecule has 2 heteroatoms. The zero-order valence-corrected chi connectivity index (χ0v) is 11.9. The van der Waals surface area contributed by atoms with Crippen molar-refractivity contribution in [3.8, 4) is 0 Å². The highest BCUT2D eigenvalue weighted by Crippen LogP contribution is 2.37. The van der Waals surface area contributed by atoms with Crippen molar-refractivity contribution < 1.29 is 0 Å². The molecule has 1 fully saturated rings. The van der Waals surface area contributed by atoms with E-state index in [1.165, 1.54) is 31.2 Å². The van der Waals surface area contributed by atoms with Gasteiger partial charge in [-0.2, -0.15) is 0 Å². The van der Waals surface area contributed by atoms with Gasteiger partial charge in [0.2, 0.25) is 0 Å². The van der Waals surface area contributed by atoms with E-state index in [4.69, 9.17) is 0 Å². The van der Waals surface area contributed by atoms with Crippen LogP contribution >= 0.6 is 0 Å². The van der Waals surface area contributed by atoms with Crippen LogP contribution in [0.2, 0.25) is 0 Å². The van der Waals surface area contributed by atoms with Crippen LogP contribution in [0.5, 0.6) is 0 Å². The first-order chi connectivity index (χ1) is 8.55. The topological polar surface area (TPSA) is 24.9 Å². The molecule has 1 saturated carbocycles. The van der Waals surface area contributed by atoms with Crippen LogP contribution in [-0.2, 0) is 6.54 Å². The second-order valence-corrected chi connectivity index (χ2v) is 6.66. The highest BCUT2D eigenvalue weighted by atomic mass is 14.9. The van der Waals surface area contributed by atoms with Crippen molar-refractivity contribution in [1.82, 2.24) is 10.3 Å². The Morgan fingerprint density at radius 2 is 1.94 bits per heavy atom. The van der Waals surface area contributed by atoms with E-state index in [0.717, 1.165) is 12.5 Å². The molecule has 0 saturated heterocycles. The van der Waals surface area contributed by atoms with Crippen molar-refractivity contribution in [2.45, 2.75) is 59.0 Å². The number of nitrogens with one attached hydrogen (secondary N) is 1. The zero-order chi connectivity index (χ0) is 13.0. The summed E-state index contributed by atoms with van der Waals surface area (Å²) in [5.74, 6) is 0.897. The van der Waals surface area contributed by atoms with Crippen molar-refractivity contribution in [2.75, 3.05) is 0 Å². The predicted molar refractivity (Wildman–Crippen MR) is 76.3 cm³/mol. The molecule has 0 aliphatic heterocycles. The van der Waals surface area contributed by atoms with Crippen molar-refractivity contribution in [2.24, 2.45) is 11.3 Å². The Labute approximate surface area is 111 Å². The van der Waals surface area contributed by atoms with Gasteiger partial charge in [0, 0.05) is 25.0 Å². The molecular formula is C16H26N2. The van der Waals surface area contributed by atoms with Crippen molar-refractivity contribution in [1.29, 1.82) is 0 Å². The molecular weight excluding hydrogens is 220 g/mol. The van der Waals surface area contributed by atoms with Crippen LogP contribution in [-0.4, -0.2) is 11.0 Å². The van der Waals surface area contributed by atoms with Gasteiger partial charge in [0.1, 0.15) is 0 Å². The van der Waals surface area contributed by atoms with Crippen molar-refractivity contribution in [3.63, 3.8) is 0 Å². The molecule has 1 aliphatic carbocycles. The Morgan fingerprint density at radius 3 is 2.50 bits per heavy atom. The fourth-order valence-electron chi connectivity index (χ4n) is 2.93. The van der Waals surface area contributed by atoms with Crippen LogP contribution in [0.4, 0.5) is 0 Å². The molecule has 1 aromatic rings. The Kier molecular flexibility index (Phi) is 4.39. The minimum atomic E-state index is 0.480. The van der Waals surface area contributed by atoms with E-state index in [1.807, 2.05) is 18.5 Å². The molecule has 0 spiro atoms. The Morgan fingerprint density at radius 1 is 1.22 bits per heavy atom. The average molecular weight is 246 g/mol. The number of pyridine rings is 1. The summed E-state index contributed by atoms with van der Waals surface area (Å²) in [5, 5.41) is 3.67. The van der Waals surface area contributed by atoms with Gasteiger partial charge in [-0.05, 0) is 48.6 Å². The smallest absolute Gasteiger partial charge is 0.0312 e. The fourth-order valence-corrected chi connectivity index (χ4v) is 2.93. The maximum Gasteiger partial charge on any atom is 0.0312 e. The molecule has 1 aliphatic rings. The number of rotatable bonds is 3. The summed E-state index contributed by atoms with van der Waals surface area (Å²) < 4.78 is 0. The zero-order valence-electron chi connectivity index (χ0n) is 11.9. The summed E-state index contributed by atoms with van der Waals surface area (Å²) in [5.41, 5.74) is 1.77. The van der Waals surface area contributed by atoms with E-state index in [2.05, 4.69) is 37.1 Å². The third kappa shape index (κ3) is 3.81. The van der Waals surface area contributed by atoms with Gasteiger partial charge in [-0.15, -0.1) is 0 Å². The van der Waals surface area contributed by atoms with Gasteiger partial charge < -0.3 is 5.32 Å². The summed E-state index contributed by atoms with van der Waals surface area (Å²) in [6, 6.07) is 4.85. The molecule has 0 unspecified atom stereocenters. The van der Waals surface area contributed by atoms with E-state index in [9.17, 15) is 0 Å². The minimum Gasteiger partial charge on any atom is -0.310 e. The van der Waals surface area contributed by atoms with Crippen molar-refractivity contribution in [3.05, 3.63) is 30.1 Å². The van der Waals surface area contributed by atoms with Crippen LogP contribution in [0.1, 0.15) is 52.0 Å². The lowest BCUT2D eigenvalue weighted by atomic mass is 9.71. The monoisotopic (exact) mass is 246 g/mol. The Hall–Kier alpha value is -0.890. The molecule has 2 nitrogen and oxygen atoms in total. The average Bonchev–Trinajstić information content (AvgIpc) is 2.37. The van der Waals surface area contributed by atoms with Crippen LogP contribution in [0.15, 0.2) is 24.5 Å². The van der Waals surface area contributed by atoms with Crippen LogP contribution < -0.4 is 5.32 Å². The third-order valence-corrected chi connectivity index (χ3v) is 4.27. The predicted octanol–water partition coefficient (Wildman–Crippen LogP) is 3.78.